The van der Waals surface area contributed by atoms with Crippen LogP contribution in [-0.2, 0) is 11.2 Å². The fourth-order valence-corrected chi connectivity index (χ4v) is 1.61. The second-order valence-electron chi connectivity index (χ2n) is 3.78. The number of hydrogen-bond donors (Lipinski definition) is 1. The number of thiol groups is 1. The molecular formula is C13H21NOS. The van der Waals surface area contributed by atoms with Gasteiger partial charge in [-0.3, -0.25) is 0 Å². The first kappa shape index (κ1) is 13.4. The molecular weight excluding hydrogens is 218 g/mol. The summed E-state index contributed by atoms with van der Waals surface area (Å²) in [6.07, 6.45) is 1.09. The van der Waals surface area contributed by atoms with Crippen LogP contribution in [0.15, 0.2) is 24.3 Å². The molecule has 0 radical (unpaired) electrons. The van der Waals surface area contributed by atoms with E-state index in [9.17, 15) is 0 Å². The lowest BCUT2D eigenvalue weighted by Crippen LogP contribution is -2.22. The number of hydrogen-bond acceptors (Lipinski definition) is 3. The predicted octanol–water partition coefficient (Wildman–Crippen LogP) is 2.63. The second-order valence-corrected chi connectivity index (χ2v) is 4.22. The summed E-state index contributed by atoms with van der Waals surface area (Å²) in [6.45, 7) is 4.57. The second kappa shape index (κ2) is 7.58. The quantitative estimate of drug-likeness (QED) is 0.580. The molecule has 0 heterocycles. The molecule has 3 heteroatoms. The number of ether oxygens (including phenoxy) is 1. The van der Waals surface area contributed by atoms with E-state index in [-0.39, 0.29) is 0 Å². The van der Waals surface area contributed by atoms with Gasteiger partial charge < -0.3 is 9.64 Å². The third-order valence-electron chi connectivity index (χ3n) is 2.59. The van der Waals surface area contributed by atoms with Crippen molar-refractivity contribution >= 4 is 18.3 Å². The van der Waals surface area contributed by atoms with E-state index in [1.807, 2.05) is 0 Å². The van der Waals surface area contributed by atoms with Gasteiger partial charge in [-0.25, -0.2) is 0 Å². The minimum absolute atomic E-state index is 0.728. The minimum Gasteiger partial charge on any atom is -0.379 e. The van der Waals surface area contributed by atoms with Gasteiger partial charge in [0, 0.05) is 25.0 Å². The van der Waals surface area contributed by atoms with Gasteiger partial charge in [0.05, 0.1) is 13.2 Å². The average Bonchev–Trinajstić information content (AvgIpc) is 2.34. The number of anilines is 1. The molecule has 0 amide bonds. The van der Waals surface area contributed by atoms with Crippen molar-refractivity contribution in [2.75, 3.05) is 37.5 Å². The third-order valence-corrected chi connectivity index (χ3v) is 2.77. The molecule has 90 valence electrons. The molecule has 16 heavy (non-hydrogen) atoms. The number of aryl methyl sites for hydroxylation is 1. The molecule has 0 saturated carbocycles. The first-order valence-electron chi connectivity index (χ1n) is 5.76. The summed E-state index contributed by atoms with van der Waals surface area (Å²) in [4.78, 5) is 2.21. The van der Waals surface area contributed by atoms with Gasteiger partial charge in [0.15, 0.2) is 0 Å². The molecule has 2 nitrogen and oxygen atoms in total. The highest BCUT2D eigenvalue weighted by atomic mass is 32.1. The van der Waals surface area contributed by atoms with Gasteiger partial charge in [-0.2, -0.15) is 12.6 Å². The Kier molecular flexibility index (Phi) is 6.34. The van der Waals surface area contributed by atoms with Gasteiger partial charge in [-0.05, 0) is 24.1 Å². The molecule has 0 unspecified atom stereocenters. The lowest BCUT2D eigenvalue weighted by Gasteiger charge is -2.19. The zero-order valence-corrected chi connectivity index (χ0v) is 11.0. The zero-order valence-electron chi connectivity index (χ0n) is 10.1. The number of benzene rings is 1. The highest BCUT2D eigenvalue weighted by molar-refractivity contribution is 7.80. The molecule has 0 aliphatic heterocycles. The van der Waals surface area contributed by atoms with Gasteiger partial charge in [0.2, 0.25) is 0 Å². The van der Waals surface area contributed by atoms with E-state index in [1.54, 1.807) is 0 Å². The molecule has 0 fully saturated rings. The maximum absolute atomic E-state index is 5.40. The van der Waals surface area contributed by atoms with E-state index in [0.717, 1.165) is 31.9 Å². The molecule has 0 saturated heterocycles. The monoisotopic (exact) mass is 239 g/mol. The smallest absolute Gasteiger partial charge is 0.0641 e. The van der Waals surface area contributed by atoms with Crippen molar-refractivity contribution in [3.63, 3.8) is 0 Å². The Hall–Kier alpha value is -0.670. The fraction of sp³-hybridized carbons (Fsp3) is 0.538. The van der Waals surface area contributed by atoms with Crippen molar-refractivity contribution in [2.45, 2.75) is 13.3 Å². The summed E-state index contributed by atoms with van der Waals surface area (Å²) in [5.41, 5.74) is 2.62. The summed E-state index contributed by atoms with van der Waals surface area (Å²) in [6, 6.07) is 8.69. The van der Waals surface area contributed by atoms with Gasteiger partial charge in [0.1, 0.15) is 0 Å². The first-order valence-corrected chi connectivity index (χ1v) is 6.40. The third kappa shape index (κ3) is 4.45. The van der Waals surface area contributed by atoms with Crippen molar-refractivity contribution < 1.29 is 4.74 Å². The summed E-state index contributed by atoms with van der Waals surface area (Å²) < 4.78 is 5.40. The Morgan fingerprint density at radius 2 is 1.88 bits per heavy atom. The summed E-state index contributed by atoms with van der Waals surface area (Å²) >= 11 is 4.10. The highest BCUT2D eigenvalue weighted by Crippen LogP contribution is 2.13. The molecule has 0 aromatic heterocycles. The van der Waals surface area contributed by atoms with Crippen molar-refractivity contribution in [3.05, 3.63) is 29.8 Å². The van der Waals surface area contributed by atoms with E-state index in [4.69, 9.17) is 4.74 Å². The van der Waals surface area contributed by atoms with E-state index < -0.39 is 0 Å². The van der Waals surface area contributed by atoms with E-state index >= 15 is 0 Å². The largest absolute Gasteiger partial charge is 0.379 e. The summed E-state index contributed by atoms with van der Waals surface area (Å²) in [5.74, 6) is 0.787. The van der Waals surface area contributed by atoms with Gasteiger partial charge in [0.25, 0.3) is 0 Å². The van der Waals surface area contributed by atoms with Crippen molar-refractivity contribution in [1.82, 2.24) is 0 Å². The van der Waals surface area contributed by atoms with Gasteiger partial charge in [-0.15, -0.1) is 0 Å². The predicted molar refractivity (Wildman–Crippen MR) is 73.8 cm³/mol. The van der Waals surface area contributed by atoms with E-state index in [2.05, 4.69) is 55.8 Å². The van der Waals surface area contributed by atoms with Crippen LogP contribution >= 0.6 is 12.6 Å². The van der Waals surface area contributed by atoms with Crippen LogP contribution in [0.1, 0.15) is 12.5 Å². The van der Waals surface area contributed by atoms with Crippen molar-refractivity contribution in [1.29, 1.82) is 0 Å². The van der Waals surface area contributed by atoms with Crippen LogP contribution in [-0.4, -0.2) is 32.6 Å². The minimum atomic E-state index is 0.728. The molecule has 1 aromatic carbocycles. The van der Waals surface area contributed by atoms with Crippen molar-refractivity contribution in [2.24, 2.45) is 0 Å². The normalized spacial score (nSPS) is 10.4. The molecule has 0 aliphatic carbocycles. The molecule has 0 aliphatic rings. The van der Waals surface area contributed by atoms with Gasteiger partial charge in [-0.1, -0.05) is 19.1 Å². The van der Waals surface area contributed by atoms with Crippen LogP contribution in [0.5, 0.6) is 0 Å². The zero-order chi connectivity index (χ0) is 11.8. The number of likely N-dealkylation sites (N-methyl/N-ethyl adjacent to an activating group) is 1. The summed E-state index contributed by atoms with van der Waals surface area (Å²) in [7, 11) is 2.09. The molecule has 0 bridgehead atoms. The maximum Gasteiger partial charge on any atom is 0.0641 e. The SMILES string of the molecule is CCc1ccc(N(C)CCOCCS)cc1. The van der Waals surface area contributed by atoms with Crippen LogP contribution in [0.25, 0.3) is 0 Å². The lowest BCUT2D eigenvalue weighted by atomic mass is 10.1. The lowest BCUT2D eigenvalue weighted by molar-refractivity contribution is 0.157. The Balaban J connectivity index is 2.37. The molecule has 1 aromatic rings. The Bertz CT molecular complexity index is 286. The van der Waals surface area contributed by atoms with Crippen LogP contribution in [0.2, 0.25) is 0 Å². The molecule has 0 N–H and O–H groups in total. The molecule has 0 spiro atoms. The Labute approximate surface area is 104 Å². The van der Waals surface area contributed by atoms with E-state index in [0.29, 0.717) is 0 Å². The number of nitrogens with zero attached hydrogens (tertiary/aromatic N) is 1. The van der Waals surface area contributed by atoms with Crippen LogP contribution in [0.3, 0.4) is 0 Å². The average molecular weight is 239 g/mol. The van der Waals surface area contributed by atoms with Crippen LogP contribution in [0.4, 0.5) is 5.69 Å². The highest BCUT2D eigenvalue weighted by Gasteiger charge is 2.00. The van der Waals surface area contributed by atoms with Crippen LogP contribution in [0, 0.1) is 0 Å². The van der Waals surface area contributed by atoms with Gasteiger partial charge >= 0.3 is 0 Å². The standard InChI is InChI=1S/C13H21NOS/c1-3-12-4-6-13(7-5-12)14(2)8-9-15-10-11-16/h4-7,16H,3,8-11H2,1-2H3. The van der Waals surface area contributed by atoms with Crippen molar-refractivity contribution in [3.8, 4) is 0 Å². The number of rotatable bonds is 7. The Morgan fingerprint density at radius 1 is 1.19 bits per heavy atom. The summed E-state index contributed by atoms with van der Waals surface area (Å²) in [5, 5.41) is 0. The van der Waals surface area contributed by atoms with Crippen LogP contribution < -0.4 is 4.90 Å². The van der Waals surface area contributed by atoms with E-state index in [1.165, 1.54) is 11.3 Å². The molecule has 1 rings (SSSR count). The fourth-order valence-electron chi connectivity index (χ4n) is 1.48. The molecule has 0 atom stereocenters. The Morgan fingerprint density at radius 3 is 2.44 bits per heavy atom. The first-order chi connectivity index (χ1) is 7.77. The topological polar surface area (TPSA) is 12.5 Å². The maximum atomic E-state index is 5.40.